The van der Waals surface area contributed by atoms with Gasteiger partial charge >= 0.3 is 0 Å². The number of halogens is 1. The quantitative estimate of drug-likeness (QED) is 0.838. The number of nitrogen functional groups attached to an aromatic ring is 1. The number of nitrogens with two attached hydrogens (primary N) is 1. The predicted molar refractivity (Wildman–Crippen MR) is 75.5 cm³/mol. The van der Waals surface area contributed by atoms with Crippen molar-refractivity contribution in [3.63, 3.8) is 0 Å². The number of rotatable bonds is 2. The fraction of sp³-hybridized carbons (Fsp3) is 0.0769. The summed E-state index contributed by atoms with van der Waals surface area (Å²) in [6.45, 7) is 1.88. The molecule has 0 aliphatic carbocycles. The Morgan fingerprint density at radius 1 is 1.39 bits per heavy atom. The van der Waals surface area contributed by atoms with E-state index in [4.69, 9.17) is 5.73 Å². The number of nitrogens with one attached hydrogen (secondary N) is 1. The molecular formula is C13H12BrN3O. The van der Waals surface area contributed by atoms with E-state index in [9.17, 15) is 4.79 Å². The normalized spacial score (nSPS) is 10.1. The van der Waals surface area contributed by atoms with Crippen molar-refractivity contribution in [2.45, 2.75) is 6.92 Å². The Morgan fingerprint density at radius 3 is 2.89 bits per heavy atom. The minimum atomic E-state index is -0.233. The molecule has 4 nitrogen and oxygen atoms in total. The summed E-state index contributed by atoms with van der Waals surface area (Å²) < 4.78 is 0.813. The topological polar surface area (TPSA) is 68.0 Å². The van der Waals surface area contributed by atoms with Crippen LogP contribution in [0, 0.1) is 6.92 Å². The number of carbonyl (C=O) groups is 1. The third-order valence-electron chi connectivity index (χ3n) is 2.53. The van der Waals surface area contributed by atoms with E-state index in [-0.39, 0.29) is 5.91 Å². The van der Waals surface area contributed by atoms with Crippen molar-refractivity contribution >= 4 is 33.2 Å². The van der Waals surface area contributed by atoms with Crippen molar-refractivity contribution in [1.82, 2.24) is 4.98 Å². The van der Waals surface area contributed by atoms with Crippen LogP contribution in [0.4, 0.5) is 11.4 Å². The highest BCUT2D eigenvalue weighted by Crippen LogP contribution is 2.20. The maximum absolute atomic E-state index is 12.1. The molecule has 0 atom stereocenters. The van der Waals surface area contributed by atoms with Crippen LogP contribution >= 0.6 is 15.9 Å². The first-order chi connectivity index (χ1) is 8.58. The lowest BCUT2D eigenvalue weighted by Crippen LogP contribution is -2.14. The molecule has 0 aliphatic rings. The van der Waals surface area contributed by atoms with Crippen molar-refractivity contribution in [2.75, 3.05) is 11.1 Å². The molecule has 0 unspecified atom stereocenters. The molecule has 0 fully saturated rings. The number of nitrogens with zero attached hydrogens (tertiary/aromatic N) is 1. The summed E-state index contributed by atoms with van der Waals surface area (Å²) >= 11 is 3.32. The molecule has 0 radical (unpaired) electrons. The van der Waals surface area contributed by atoms with Gasteiger partial charge in [0.2, 0.25) is 0 Å². The van der Waals surface area contributed by atoms with Crippen LogP contribution in [-0.4, -0.2) is 10.9 Å². The van der Waals surface area contributed by atoms with Crippen LogP contribution in [0.25, 0.3) is 0 Å². The molecule has 0 bridgehead atoms. The predicted octanol–water partition coefficient (Wildman–Crippen LogP) is 2.99. The van der Waals surface area contributed by atoms with Gasteiger partial charge in [-0.05, 0) is 36.8 Å². The fourth-order valence-corrected chi connectivity index (χ4v) is 1.89. The highest BCUT2D eigenvalue weighted by molar-refractivity contribution is 9.10. The lowest BCUT2D eigenvalue weighted by Gasteiger charge is -2.09. The van der Waals surface area contributed by atoms with Crippen molar-refractivity contribution in [1.29, 1.82) is 0 Å². The molecule has 5 heteroatoms. The molecular weight excluding hydrogens is 294 g/mol. The maximum atomic E-state index is 12.1. The molecule has 0 saturated heterocycles. The average molecular weight is 306 g/mol. The van der Waals surface area contributed by atoms with Crippen molar-refractivity contribution < 1.29 is 4.79 Å². The van der Waals surface area contributed by atoms with Crippen LogP contribution in [-0.2, 0) is 0 Å². The Hall–Kier alpha value is -1.88. The van der Waals surface area contributed by atoms with Gasteiger partial charge in [-0.3, -0.25) is 9.78 Å². The van der Waals surface area contributed by atoms with Gasteiger partial charge in [0.05, 0.1) is 5.56 Å². The number of benzene rings is 1. The van der Waals surface area contributed by atoms with E-state index in [1.807, 2.05) is 6.92 Å². The highest BCUT2D eigenvalue weighted by atomic mass is 79.9. The Bertz CT molecular complexity index is 599. The van der Waals surface area contributed by atoms with Gasteiger partial charge < -0.3 is 11.1 Å². The van der Waals surface area contributed by atoms with Crippen molar-refractivity contribution in [2.24, 2.45) is 0 Å². The minimum Gasteiger partial charge on any atom is -0.398 e. The van der Waals surface area contributed by atoms with Gasteiger partial charge in [0, 0.05) is 28.2 Å². The zero-order valence-electron chi connectivity index (χ0n) is 9.77. The Morgan fingerprint density at radius 2 is 2.17 bits per heavy atom. The third-order valence-corrected chi connectivity index (χ3v) is 3.02. The second kappa shape index (κ2) is 5.18. The summed E-state index contributed by atoms with van der Waals surface area (Å²) in [5.74, 6) is -0.233. The van der Waals surface area contributed by atoms with Crippen molar-refractivity contribution in [3.05, 3.63) is 52.3 Å². The first-order valence-electron chi connectivity index (χ1n) is 5.35. The molecule has 2 aromatic rings. The smallest absolute Gasteiger partial charge is 0.257 e. The summed E-state index contributed by atoms with van der Waals surface area (Å²) in [6, 6.07) is 6.94. The first kappa shape index (κ1) is 12.6. The summed E-state index contributed by atoms with van der Waals surface area (Å²) in [6.07, 6.45) is 3.33. The largest absolute Gasteiger partial charge is 0.398 e. The van der Waals surface area contributed by atoms with E-state index in [0.29, 0.717) is 11.3 Å². The van der Waals surface area contributed by atoms with Crippen molar-refractivity contribution in [3.8, 4) is 0 Å². The lowest BCUT2D eigenvalue weighted by atomic mass is 10.1. The molecule has 1 aromatic heterocycles. The Kier molecular flexibility index (Phi) is 3.62. The molecule has 1 amide bonds. The summed E-state index contributed by atoms with van der Waals surface area (Å²) in [7, 11) is 0. The number of amides is 1. The van der Waals surface area contributed by atoms with Crippen LogP contribution in [0.15, 0.2) is 41.1 Å². The van der Waals surface area contributed by atoms with Crippen LogP contribution in [0.3, 0.4) is 0 Å². The first-order valence-corrected chi connectivity index (χ1v) is 6.14. The van der Waals surface area contributed by atoms with Gasteiger partial charge in [0.25, 0.3) is 5.91 Å². The Labute approximate surface area is 113 Å². The van der Waals surface area contributed by atoms with Crippen LogP contribution in [0.2, 0.25) is 0 Å². The number of pyridine rings is 1. The molecule has 1 heterocycles. The summed E-state index contributed by atoms with van der Waals surface area (Å²) in [5, 5.41) is 2.81. The van der Waals surface area contributed by atoms with E-state index in [1.54, 1.807) is 36.7 Å². The molecule has 18 heavy (non-hydrogen) atoms. The van der Waals surface area contributed by atoms with Gasteiger partial charge in [0.1, 0.15) is 0 Å². The average Bonchev–Trinajstić information content (AvgIpc) is 2.35. The number of hydrogen-bond acceptors (Lipinski definition) is 3. The zero-order chi connectivity index (χ0) is 13.1. The standard InChI is InChI=1S/C13H12BrN3O/c1-8-7-16-5-4-12(8)17-13(18)10-6-9(14)2-3-11(10)15/h2-7H,15H2,1H3,(H,16,17,18). The molecule has 0 spiro atoms. The fourth-order valence-electron chi connectivity index (χ4n) is 1.53. The van der Waals surface area contributed by atoms with E-state index >= 15 is 0 Å². The van der Waals surface area contributed by atoms with Crippen LogP contribution in [0.1, 0.15) is 15.9 Å². The second-order valence-electron chi connectivity index (χ2n) is 3.88. The summed E-state index contributed by atoms with van der Waals surface area (Å²) in [4.78, 5) is 16.1. The summed E-state index contributed by atoms with van der Waals surface area (Å²) in [5.41, 5.74) is 8.31. The van der Waals surface area contributed by atoms with Gasteiger partial charge in [0.15, 0.2) is 0 Å². The molecule has 0 saturated carbocycles. The third kappa shape index (κ3) is 2.68. The van der Waals surface area contributed by atoms with Crippen LogP contribution < -0.4 is 11.1 Å². The number of aryl methyl sites for hydroxylation is 1. The van der Waals surface area contributed by atoms with E-state index < -0.39 is 0 Å². The maximum Gasteiger partial charge on any atom is 0.257 e. The number of hydrogen-bond donors (Lipinski definition) is 2. The highest BCUT2D eigenvalue weighted by Gasteiger charge is 2.11. The molecule has 3 N–H and O–H groups in total. The number of carbonyl (C=O) groups excluding carboxylic acids is 1. The molecule has 92 valence electrons. The van der Waals surface area contributed by atoms with Gasteiger partial charge in [-0.1, -0.05) is 15.9 Å². The monoisotopic (exact) mass is 305 g/mol. The van der Waals surface area contributed by atoms with Gasteiger partial charge in [-0.25, -0.2) is 0 Å². The molecule has 1 aromatic carbocycles. The zero-order valence-corrected chi connectivity index (χ0v) is 11.4. The molecule has 0 aliphatic heterocycles. The van der Waals surface area contributed by atoms with Gasteiger partial charge in [-0.2, -0.15) is 0 Å². The van der Waals surface area contributed by atoms with E-state index in [1.165, 1.54) is 0 Å². The second-order valence-corrected chi connectivity index (χ2v) is 4.79. The van der Waals surface area contributed by atoms with Gasteiger partial charge in [-0.15, -0.1) is 0 Å². The van der Waals surface area contributed by atoms with E-state index in [2.05, 4.69) is 26.2 Å². The molecule has 2 rings (SSSR count). The van der Waals surface area contributed by atoms with Crippen LogP contribution in [0.5, 0.6) is 0 Å². The lowest BCUT2D eigenvalue weighted by molar-refractivity contribution is 0.102. The Balaban J connectivity index is 2.28. The number of aromatic nitrogens is 1. The van der Waals surface area contributed by atoms with E-state index in [0.717, 1.165) is 15.7 Å². The number of anilines is 2. The minimum absolute atomic E-state index is 0.233. The SMILES string of the molecule is Cc1cnccc1NC(=O)c1cc(Br)ccc1N.